The fraction of sp³-hybridized carbons (Fsp3) is 0.429. The van der Waals surface area contributed by atoms with Crippen molar-refractivity contribution in [2.45, 2.75) is 0 Å². The first-order valence-corrected chi connectivity index (χ1v) is 3.73. The predicted molar refractivity (Wildman–Crippen MR) is 48.8 cm³/mol. The van der Waals surface area contributed by atoms with Gasteiger partial charge in [0.1, 0.15) is 5.82 Å². The Morgan fingerprint density at radius 1 is 1.58 bits per heavy atom. The van der Waals surface area contributed by atoms with Gasteiger partial charge in [-0.25, -0.2) is 4.98 Å². The summed E-state index contributed by atoms with van der Waals surface area (Å²) in [5.41, 5.74) is 10.8. The van der Waals surface area contributed by atoms with Crippen molar-refractivity contribution in [1.29, 1.82) is 0 Å². The number of nitrogens with two attached hydrogens (primary N) is 2. The van der Waals surface area contributed by atoms with Crippen LogP contribution in [0.3, 0.4) is 0 Å². The van der Waals surface area contributed by atoms with Crippen LogP contribution in [0.25, 0.3) is 0 Å². The lowest BCUT2D eigenvalue weighted by atomic mass is 10.5. The highest BCUT2D eigenvalue weighted by atomic mass is 15.2. The van der Waals surface area contributed by atoms with E-state index in [-0.39, 0.29) is 5.95 Å². The first-order chi connectivity index (χ1) is 5.74. The summed E-state index contributed by atoms with van der Waals surface area (Å²) in [6.07, 6.45) is 1.63. The van der Waals surface area contributed by atoms with Crippen molar-refractivity contribution in [1.82, 2.24) is 9.97 Å². The lowest BCUT2D eigenvalue weighted by molar-refractivity contribution is 0.866. The Morgan fingerprint density at radius 3 is 2.92 bits per heavy atom. The minimum Gasteiger partial charge on any atom is -0.368 e. The van der Waals surface area contributed by atoms with Crippen molar-refractivity contribution < 1.29 is 0 Å². The van der Waals surface area contributed by atoms with Crippen LogP contribution in [-0.2, 0) is 0 Å². The maximum Gasteiger partial charge on any atom is 0.221 e. The molecule has 0 bridgehead atoms. The molecule has 1 aromatic heterocycles. The maximum absolute atomic E-state index is 5.41. The lowest BCUT2D eigenvalue weighted by Gasteiger charge is -2.16. The minimum atomic E-state index is 0.288. The van der Waals surface area contributed by atoms with Crippen LogP contribution in [0.2, 0.25) is 0 Å². The number of rotatable bonds is 3. The Morgan fingerprint density at radius 2 is 2.33 bits per heavy atom. The first-order valence-electron chi connectivity index (χ1n) is 3.73. The fourth-order valence-electron chi connectivity index (χ4n) is 0.885. The molecule has 0 saturated carbocycles. The topological polar surface area (TPSA) is 81.1 Å². The maximum atomic E-state index is 5.41. The molecule has 1 aromatic rings. The van der Waals surface area contributed by atoms with Gasteiger partial charge in [-0.1, -0.05) is 0 Å². The largest absolute Gasteiger partial charge is 0.368 e. The summed E-state index contributed by atoms with van der Waals surface area (Å²) in [7, 11) is 1.91. The number of likely N-dealkylation sites (N-methyl/N-ethyl adjacent to an activating group) is 1. The van der Waals surface area contributed by atoms with E-state index in [1.54, 1.807) is 12.3 Å². The van der Waals surface area contributed by atoms with Crippen molar-refractivity contribution in [2.75, 3.05) is 30.8 Å². The quantitative estimate of drug-likeness (QED) is 0.631. The molecule has 4 N–H and O–H groups in total. The van der Waals surface area contributed by atoms with Crippen LogP contribution in [0.1, 0.15) is 0 Å². The smallest absolute Gasteiger partial charge is 0.221 e. The third-order valence-corrected chi connectivity index (χ3v) is 1.52. The van der Waals surface area contributed by atoms with Crippen molar-refractivity contribution in [3.05, 3.63) is 12.3 Å². The number of hydrogen-bond acceptors (Lipinski definition) is 5. The first kappa shape index (κ1) is 8.73. The third-order valence-electron chi connectivity index (χ3n) is 1.52. The zero-order chi connectivity index (χ0) is 8.97. The summed E-state index contributed by atoms with van der Waals surface area (Å²) >= 11 is 0. The molecule has 0 aliphatic rings. The summed E-state index contributed by atoms with van der Waals surface area (Å²) in [6, 6.07) is 1.80. The molecule has 12 heavy (non-hydrogen) atoms. The van der Waals surface area contributed by atoms with Gasteiger partial charge in [-0.2, -0.15) is 4.98 Å². The minimum absolute atomic E-state index is 0.288. The van der Waals surface area contributed by atoms with E-state index in [2.05, 4.69) is 9.97 Å². The molecular formula is C7H13N5. The van der Waals surface area contributed by atoms with E-state index >= 15 is 0 Å². The van der Waals surface area contributed by atoms with Crippen LogP contribution in [0.5, 0.6) is 0 Å². The van der Waals surface area contributed by atoms with Gasteiger partial charge in [0, 0.05) is 26.3 Å². The van der Waals surface area contributed by atoms with Gasteiger partial charge < -0.3 is 16.4 Å². The Kier molecular flexibility index (Phi) is 2.82. The van der Waals surface area contributed by atoms with Crippen LogP contribution < -0.4 is 16.4 Å². The number of aromatic nitrogens is 2. The van der Waals surface area contributed by atoms with E-state index in [1.165, 1.54) is 0 Å². The molecule has 0 atom stereocenters. The van der Waals surface area contributed by atoms with Crippen molar-refractivity contribution in [3.8, 4) is 0 Å². The molecule has 0 spiro atoms. The molecular weight excluding hydrogens is 154 g/mol. The predicted octanol–water partition coefficient (Wildman–Crippen LogP) is -0.546. The summed E-state index contributed by atoms with van der Waals surface area (Å²) < 4.78 is 0. The van der Waals surface area contributed by atoms with E-state index < -0.39 is 0 Å². The Labute approximate surface area is 71.4 Å². The van der Waals surface area contributed by atoms with Crippen LogP contribution in [0.15, 0.2) is 12.3 Å². The monoisotopic (exact) mass is 167 g/mol. The summed E-state index contributed by atoms with van der Waals surface area (Å²) in [5, 5.41) is 0. The molecule has 0 aliphatic heterocycles. The van der Waals surface area contributed by atoms with Gasteiger partial charge in [-0.05, 0) is 6.07 Å². The van der Waals surface area contributed by atoms with E-state index in [1.807, 2.05) is 11.9 Å². The molecule has 0 saturated heterocycles. The lowest BCUT2D eigenvalue weighted by Crippen LogP contribution is -2.25. The second-order valence-electron chi connectivity index (χ2n) is 2.48. The molecule has 0 aliphatic carbocycles. The number of hydrogen-bond donors (Lipinski definition) is 2. The van der Waals surface area contributed by atoms with E-state index in [0.717, 1.165) is 12.4 Å². The van der Waals surface area contributed by atoms with Gasteiger partial charge in [-0.3, -0.25) is 0 Å². The second-order valence-corrected chi connectivity index (χ2v) is 2.48. The summed E-state index contributed by atoms with van der Waals surface area (Å²) in [5.74, 6) is 1.09. The van der Waals surface area contributed by atoms with E-state index in [0.29, 0.717) is 6.54 Å². The van der Waals surface area contributed by atoms with Crippen LogP contribution in [0, 0.1) is 0 Å². The summed E-state index contributed by atoms with van der Waals surface area (Å²) in [4.78, 5) is 9.75. The van der Waals surface area contributed by atoms with E-state index in [4.69, 9.17) is 11.5 Å². The average molecular weight is 167 g/mol. The highest BCUT2D eigenvalue weighted by Gasteiger charge is 2.00. The second kappa shape index (κ2) is 3.87. The number of nitrogens with zero attached hydrogens (tertiary/aromatic N) is 3. The third kappa shape index (κ3) is 2.06. The van der Waals surface area contributed by atoms with Gasteiger partial charge in [0.05, 0.1) is 0 Å². The van der Waals surface area contributed by atoms with E-state index in [9.17, 15) is 0 Å². The van der Waals surface area contributed by atoms with Gasteiger partial charge in [-0.15, -0.1) is 0 Å². The number of anilines is 2. The van der Waals surface area contributed by atoms with Gasteiger partial charge in [0.15, 0.2) is 0 Å². The van der Waals surface area contributed by atoms with Crippen LogP contribution in [-0.4, -0.2) is 30.1 Å². The highest BCUT2D eigenvalue weighted by Crippen LogP contribution is 2.06. The SMILES string of the molecule is CN(CCN)c1ccnc(N)n1. The van der Waals surface area contributed by atoms with Crippen LogP contribution in [0.4, 0.5) is 11.8 Å². The Bertz CT molecular complexity index is 249. The van der Waals surface area contributed by atoms with Crippen molar-refractivity contribution in [3.63, 3.8) is 0 Å². The Balaban J connectivity index is 2.73. The molecule has 1 rings (SSSR count). The van der Waals surface area contributed by atoms with Gasteiger partial charge >= 0.3 is 0 Å². The standard InChI is InChI=1S/C7H13N5/c1-12(5-3-8)6-2-4-10-7(9)11-6/h2,4H,3,5,8H2,1H3,(H2,9,10,11). The molecule has 1 heterocycles. The van der Waals surface area contributed by atoms with Gasteiger partial charge in [0.25, 0.3) is 0 Å². The average Bonchev–Trinajstić information content (AvgIpc) is 2.05. The summed E-state index contributed by atoms with van der Waals surface area (Å²) in [6.45, 7) is 1.36. The normalized spacial score (nSPS) is 9.83. The van der Waals surface area contributed by atoms with Crippen molar-refractivity contribution >= 4 is 11.8 Å². The molecule has 0 aromatic carbocycles. The molecule has 0 fully saturated rings. The van der Waals surface area contributed by atoms with Crippen LogP contribution >= 0.6 is 0 Å². The molecule has 5 heteroatoms. The zero-order valence-corrected chi connectivity index (χ0v) is 7.07. The van der Waals surface area contributed by atoms with Crippen molar-refractivity contribution in [2.24, 2.45) is 5.73 Å². The Hall–Kier alpha value is -1.36. The molecule has 66 valence electrons. The fourth-order valence-corrected chi connectivity index (χ4v) is 0.885. The van der Waals surface area contributed by atoms with Gasteiger partial charge in [0.2, 0.25) is 5.95 Å². The molecule has 0 radical (unpaired) electrons. The molecule has 0 amide bonds. The molecule has 5 nitrogen and oxygen atoms in total. The number of nitrogen functional groups attached to an aromatic ring is 1. The molecule has 0 unspecified atom stereocenters. The zero-order valence-electron chi connectivity index (χ0n) is 7.07. The highest BCUT2D eigenvalue weighted by molar-refractivity contribution is 5.39.